The Hall–Kier alpha value is -0.990. The van der Waals surface area contributed by atoms with Crippen molar-refractivity contribution in [2.24, 2.45) is 0 Å². The smallest absolute Gasteiger partial charge is 0.119 e. The molecule has 0 aliphatic carbocycles. The maximum atomic E-state index is 5.53. The number of para-hydroxylation sites is 1. The topological polar surface area (TPSA) is 21.3 Å². The summed E-state index contributed by atoms with van der Waals surface area (Å²) in [6.45, 7) is 4.27. The van der Waals surface area contributed by atoms with Crippen LogP contribution in [0.4, 0.5) is 0 Å². The summed E-state index contributed by atoms with van der Waals surface area (Å²) >= 11 is 5.53. The molecule has 1 aromatic rings. The Morgan fingerprint density at radius 3 is 2.80 bits per heavy atom. The number of halogens is 1. The van der Waals surface area contributed by atoms with Gasteiger partial charge in [-0.1, -0.05) is 29.8 Å². The summed E-state index contributed by atoms with van der Waals surface area (Å²) in [5.41, 5.74) is 2.71. The fraction of sp³-hybridized carbons (Fsp3) is 0.333. The number of rotatable bonds is 6. The molecule has 0 atom stereocenters. The lowest BCUT2D eigenvalue weighted by molar-refractivity contribution is 0.316. The molecule has 1 aromatic carbocycles. The second-order valence-corrected chi connectivity index (χ2v) is 3.51. The minimum absolute atomic E-state index is 0.666. The number of nitrogens with one attached hydrogen (secondary N) is 1. The predicted molar refractivity (Wildman–Crippen MR) is 64.4 cm³/mol. The second kappa shape index (κ2) is 7.32. The van der Waals surface area contributed by atoms with Gasteiger partial charge in [-0.15, -0.1) is 0 Å². The van der Waals surface area contributed by atoms with Crippen LogP contribution in [0.5, 0.6) is 5.75 Å². The van der Waals surface area contributed by atoms with Crippen molar-refractivity contribution < 1.29 is 4.74 Å². The zero-order valence-corrected chi connectivity index (χ0v) is 9.63. The molecule has 3 heteroatoms. The molecule has 1 N–H and O–H groups in total. The molecule has 0 spiro atoms. The van der Waals surface area contributed by atoms with Crippen molar-refractivity contribution in [3.8, 4) is 5.75 Å². The Morgan fingerprint density at radius 1 is 1.40 bits per heavy atom. The van der Waals surface area contributed by atoms with Crippen molar-refractivity contribution in [2.75, 3.05) is 19.7 Å². The van der Waals surface area contributed by atoms with E-state index < -0.39 is 0 Å². The van der Waals surface area contributed by atoms with Gasteiger partial charge in [0.05, 0.1) is 0 Å². The Balaban J connectivity index is 2.08. The van der Waals surface area contributed by atoms with Crippen molar-refractivity contribution in [3.05, 3.63) is 41.4 Å². The zero-order valence-electron chi connectivity index (χ0n) is 8.87. The highest BCUT2D eigenvalue weighted by molar-refractivity contribution is 6.25. The van der Waals surface area contributed by atoms with E-state index in [2.05, 4.69) is 5.32 Å². The molecule has 0 bridgehead atoms. The van der Waals surface area contributed by atoms with Crippen LogP contribution in [0.1, 0.15) is 6.92 Å². The van der Waals surface area contributed by atoms with E-state index in [-0.39, 0.29) is 0 Å². The Labute approximate surface area is 95.9 Å². The molecule has 15 heavy (non-hydrogen) atoms. The average Bonchev–Trinajstić information content (AvgIpc) is 2.29. The SMILES string of the molecule is C/C(=C/Cl)CNCCOc1ccccc1. The van der Waals surface area contributed by atoms with E-state index in [1.807, 2.05) is 37.3 Å². The summed E-state index contributed by atoms with van der Waals surface area (Å²) < 4.78 is 5.51. The van der Waals surface area contributed by atoms with E-state index in [1.54, 1.807) is 5.54 Å². The fourth-order valence-corrected chi connectivity index (χ4v) is 1.16. The second-order valence-electron chi connectivity index (χ2n) is 3.29. The molecule has 0 heterocycles. The molecule has 0 unspecified atom stereocenters. The molecule has 2 nitrogen and oxygen atoms in total. The molecule has 0 amide bonds. The molecular formula is C12H16ClNO. The van der Waals surface area contributed by atoms with Crippen LogP contribution in [0.15, 0.2) is 41.4 Å². The highest BCUT2D eigenvalue weighted by Gasteiger charge is 1.91. The van der Waals surface area contributed by atoms with E-state index in [0.717, 1.165) is 24.4 Å². The van der Waals surface area contributed by atoms with Gasteiger partial charge in [0.1, 0.15) is 12.4 Å². The number of hydrogen-bond acceptors (Lipinski definition) is 2. The van der Waals surface area contributed by atoms with Crippen LogP contribution in [0.2, 0.25) is 0 Å². The summed E-state index contributed by atoms with van der Waals surface area (Å²) in [6.07, 6.45) is 0. The molecule has 0 aliphatic heterocycles. The van der Waals surface area contributed by atoms with E-state index in [1.165, 1.54) is 0 Å². The van der Waals surface area contributed by atoms with Gasteiger partial charge in [-0.3, -0.25) is 0 Å². The van der Waals surface area contributed by atoms with Crippen LogP contribution in [-0.2, 0) is 0 Å². The lowest BCUT2D eigenvalue weighted by Gasteiger charge is -2.07. The van der Waals surface area contributed by atoms with Crippen molar-refractivity contribution in [1.29, 1.82) is 0 Å². The van der Waals surface area contributed by atoms with Crippen LogP contribution in [0, 0.1) is 0 Å². The van der Waals surface area contributed by atoms with Crippen molar-refractivity contribution in [2.45, 2.75) is 6.92 Å². The Kier molecular flexibility index (Phi) is 5.90. The Bertz CT molecular complexity index is 298. The lowest BCUT2D eigenvalue weighted by atomic mass is 10.3. The van der Waals surface area contributed by atoms with Crippen LogP contribution < -0.4 is 10.1 Å². The quantitative estimate of drug-likeness (QED) is 0.752. The van der Waals surface area contributed by atoms with E-state index in [0.29, 0.717) is 6.61 Å². The van der Waals surface area contributed by atoms with Gasteiger partial charge in [0.15, 0.2) is 0 Å². The summed E-state index contributed by atoms with van der Waals surface area (Å²) in [7, 11) is 0. The van der Waals surface area contributed by atoms with E-state index >= 15 is 0 Å². The molecule has 0 aliphatic rings. The fourth-order valence-electron chi connectivity index (χ4n) is 1.08. The van der Waals surface area contributed by atoms with Gasteiger partial charge >= 0.3 is 0 Å². The van der Waals surface area contributed by atoms with Crippen LogP contribution in [0.3, 0.4) is 0 Å². The molecule has 0 fully saturated rings. The molecular weight excluding hydrogens is 210 g/mol. The zero-order chi connectivity index (χ0) is 10.9. The van der Waals surface area contributed by atoms with Crippen LogP contribution >= 0.6 is 11.6 Å². The largest absolute Gasteiger partial charge is 0.492 e. The third kappa shape index (κ3) is 5.45. The molecule has 0 radical (unpaired) electrons. The summed E-state index contributed by atoms with van der Waals surface area (Å²) in [5.74, 6) is 0.906. The van der Waals surface area contributed by atoms with Crippen molar-refractivity contribution in [3.63, 3.8) is 0 Å². The molecule has 1 rings (SSSR count). The third-order valence-corrected chi connectivity index (χ3v) is 2.25. The van der Waals surface area contributed by atoms with Gasteiger partial charge in [-0.25, -0.2) is 0 Å². The number of benzene rings is 1. The minimum atomic E-state index is 0.666. The summed E-state index contributed by atoms with van der Waals surface area (Å²) in [6, 6.07) is 9.79. The highest BCUT2D eigenvalue weighted by atomic mass is 35.5. The average molecular weight is 226 g/mol. The van der Waals surface area contributed by atoms with Gasteiger partial charge in [-0.05, 0) is 24.6 Å². The highest BCUT2D eigenvalue weighted by Crippen LogP contribution is 2.07. The monoisotopic (exact) mass is 225 g/mol. The lowest BCUT2D eigenvalue weighted by Crippen LogP contribution is -2.22. The molecule has 0 saturated carbocycles. The van der Waals surface area contributed by atoms with Crippen LogP contribution in [0.25, 0.3) is 0 Å². The third-order valence-electron chi connectivity index (χ3n) is 1.88. The number of ether oxygens (including phenoxy) is 1. The van der Waals surface area contributed by atoms with Crippen molar-refractivity contribution in [1.82, 2.24) is 5.32 Å². The van der Waals surface area contributed by atoms with Gasteiger partial charge in [0.2, 0.25) is 0 Å². The maximum Gasteiger partial charge on any atom is 0.119 e. The van der Waals surface area contributed by atoms with E-state index in [9.17, 15) is 0 Å². The standard InChI is InChI=1S/C12H16ClNO/c1-11(9-13)10-14-7-8-15-12-5-3-2-4-6-12/h2-6,9,14H,7-8,10H2,1H3/b11-9-. The van der Waals surface area contributed by atoms with Gasteiger partial charge in [-0.2, -0.15) is 0 Å². The first-order chi connectivity index (χ1) is 7.33. The van der Waals surface area contributed by atoms with Crippen LogP contribution in [-0.4, -0.2) is 19.7 Å². The Morgan fingerprint density at radius 2 is 2.13 bits per heavy atom. The first-order valence-electron chi connectivity index (χ1n) is 4.97. The summed E-state index contributed by atoms with van der Waals surface area (Å²) in [4.78, 5) is 0. The van der Waals surface area contributed by atoms with Gasteiger partial charge in [0.25, 0.3) is 0 Å². The molecule has 82 valence electrons. The minimum Gasteiger partial charge on any atom is -0.492 e. The van der Waals surface area contributed by atoms with Gasteiger partial charge in [0, 0.05) is 18.6 Å². The normalized spacial score (nSPS) is 11.5. The first-order valence-corrected chi connectivity index (χ1v) is 5.41. The van der Waals surface area contributed by atoms with E-state index in [4.69, 9.17) is 16.3 Å². The summed E-state index contributed by atoms with van der Waals surface area (Å²) in [5, 5.41) is 3.23. The maximum absolute atomic E-state index is 5.53. The predicted octanol–water partition coefficient (Wildman–Crippen LogP) is 2.80. The van der Waals surface area contributed by atoms with Crippen molar-refractivity contribution >= 4 is 11.6 Å². The first kappa shape index (κ1) is 12.1. The molecule has 0 saturated heterocycles. The van der Waals surface area contributed by atoms with Gasteiger partial charge < -0.3 is 10.1 Å². The number of hydrogen-bond donors (Lipinski definition) is 1. The molecule has 0 aromatic heterocycles.